The molecule has 2 amide bonds. The summed E-state index contributed by atoms with van der Waals surface area (Å²) in [6.07, 6.45) is 8.05. The van der Waals surface area contributed by atoms with Crippen LogP contribution in [-0.4, -0.2) is 30.8 Å². The van der Waals surface area contributed by atoms with Crippen molar-refractivity contribution >= 4 is 41.1 Å². The van der Waals surface area contributed by atoms with E-state index in [0.717, 1.165) is 35.5 Å². The van der Waals surface area contributed by atoms with Crippen molar-refractivity contribution < 1.29 is 23.9 Å². The molecule has 0 spiro atoms. The number of hydrogen-bond acceptors (Lipinski definition) is 5. The van der Waals surface area contributed by atoms with Crippen molar-refractivity contribution in [3.63, 3.8) is 0 Å². The summed E-state index contributed by atoms with van der Waals surface area (Å²) in [5, 5.41) is 5.61. The van der Waals surface area contributed by atoms with E-state index in [-0.39, 0.29) is 17.3 Å². The van der Waals surface area contributed by atoms with Crippen LogP contribution in [0, 0.1) is 0 Å². The number of ketones is 1. The molecule has 0 bridgehead atoms. The van der Waals surface area contributed by atoms with Crippen molar-refractivity contribution in [2.45, 2.75) is 26.7 Å². The van der Waals surface area contributed by atoms with Gasteiger partial charge < -0.3 is 20.1 Å². The van der Waals surface area contributed by atoms with Crippen LogP contribution in [0.5, 0.6) is 11.5 Å². The number of amides is 2. The molecule has 7 heteroatoms. The number of carbonyl (C=O) groups is 3. The number of rotatable bonds is 14. The lowest BCUT2D eigenvalue weighted by atomic mass is 10.0. The first-order valence-electron chi connectivity index (χ1n) is 14.6. The second-order valence-corrected chi connectivity index (χ2v) is 9.94. The predicted octanol–water partition coefficient (Wildman–Crippen LogP) is 7.80. The van der Waals surface area contributed by atoms with Crippen LogP contribution in [0.4, 0.5) is 11.4 Å². The summed E-state index contributed by atoms with van der Waals surface area (Å²) in [5.74, 6) is 0.499. The zero-order chi connectivity index (χ0) is 31.1. The third-order valence-electron chi connectivity index (χ3n) is 6.39. The quantitative estimate of drug-likeness (QED) is 0.116. The zero-order valence-electron chi connectivity index (χ0n) is 24.9. The van der Waals surface area contributed by atoms with E-state index < -0.39 is 5.91 Å². The van der Waals surface area contributed by atoms with Crippen molar-refractivity contribution in [3.05, 3.63) is 131 Å². The van der Waals surface area contributed by atoms with Crippen molar-refractivity contribution in [3.8, 4) is 11.5 Å². The molecule has 224 valence electrons. The van der Waals surface area contributed by atoms with Crippen molar-refractivity contribution in [2.75, 3.05) is 23.8 Å². The lowest BCUT2D eigenvalue weighted by Gasteiger charge is -2.12. The van der Waals surface area contributed by atoms with Gasteiger partial charge in [-0.2, -0.15) is 0 Å². The van der Waals surface area contributed by atoms with Gasteiger partial charge in [-0.05, 0) is 78.6 Å². The molecule has 0 saturated heterocycles. The molecular formula is C37H36N2O5. The van der Waals surface area contributed by atoms with Crippen molar-refractivity contribution in [1.82, 2.24) is 0 Å². The normalized spacial score (nSPS) is 11.0. The number of benzene rings is 4. The fourth-order valence-electron chi connectivity index (χ4n) is 4.16. The molecule has 0 aliphatic rings. The fourth-order valence-corrected chi connectivity index (χ4v) is 4.16. The van der Waals surface area contributed by atoms with Crippen molar-refractivity contribution in [2.24, 2.45) is 0 Å². The highest BCUT2D eigenvalue weighted by molar-refractivity contribution is 6.16. The number of hydrogen-bond donors (Lipinski definition) is 2. The van der Waals surface area contributed by atoms with E-state index in [1.807, 2.05) is 68.4 Å². The molecule has 4 aromatic rings. The molecule has 7 nitrogen and oxygen atoms in total. The third kappa shape index (κ3) is 9.56. The molecule has 44 heavy (non-hydrogen) atoms. The highest BCUT2D eigenvalue weighted by atomic mass is 16.5. The van der Waals surface area contributed by atoms with Gasteiger partial charge in [0.25, 0.3) is 0 Å². The maximum absolute atomic E-state index is 13.5. The molecule has 0 unspecified atom stereocenters. The first kappa shape index (κ1) is 31.5. The van der Waals surface area contributed by atoms with Crippen LogP contribution in [0.2, 0.25) is 0 Å². The van der Waals surface area contributed by atoms with E-state index in [1.54, 1.807) is 54.6 Å². The van der Waals surface area contributed by atoms with Gasteiger partial charge in [0.2, 0.25) is 11.8 Å². The van der Waals surface area contributed by atoms with Crippen LogP contribution < -0.4 is 20.1 Å². The first-order chi connectivity index (χ1) is 21.4. The maximum atomic E-state index is 13.5. The summed E-state index contributed by atoms with van der Waals surface area (Å²) in [6.45, 7) is 5.38. The summed E-state index contributed by atoms with van der Waals surface area (Å²) in [4.78, 5) is 39.0. The molecule has 0 heterocycles. The molecule has 0 atom stereocenters. The second kappa shape index (κ2) is 16.3. The SMILES string of the molecule is CCCOc1ccc(/C=C/C(=O)Nc2ccc(NC(=O)/C=C/c3ccc(OCCC)cc3)c(C(=O)c3ccccc3)c2)cc1. The van der Waals surface area contributed by atoms with E-state index in [0.29, 0.717) is 30.2 Å². The highest BCUT2D eigenvalue weighted by Crippen LogP contribution is 2.24. The Balaban J connectivity index is 1.47. The monoisotopic (exact) mass is 588 g/mol. The van der Waals surface area contributed by atoms with Crippen LogP contribution in [0.1, 0.15) is 53.7 Å². The van der Waals surface area contributed by atoms with Gasteiger partial charge in [0.05, 0.1) is 18.9 Å². The summed E-state index contributed by atoms with van der Waals surface area (Å²) < 4.78 is 11.2. The van der Waals surface area contributed by atoms with Gasteiger partial charge in [0.1, 0.15) is 11.5 Å². The standard InChI is InChI=1S/C37H36N2O5/c1-3-24-43-31-17-10-27(11-18-31)14-22-35(40)38-30-16-21-34(33(26-30)37(42)29-8-6-5-7-9-29)39-36(41)23-15-28-12-19-32(20-13-28)44-25-4-2/h5-23,26H,3-4,24-25H2,1-2H3,(H,38,40)(H,39,41)/b22-14+,23-15+. The number of nitrogens with one attached hydrogen (secondary N) is 2. The summed E-state index contributed by atoms with van der Waals surface area (Å²) in [6, 6.07) is 28.5. The van der Waals surface area contributed by atoms with E-state index in [9.17, 15) is 14.4 Å². The van der Waals surface area contributed by atoms with Gasteiger partial charge >= 0.3 is 0 Å². The molecule has 0 aromatic heterocycles. The molecule has 0 aliphatic heterocycles. The smallest absolute Gasteiger partial charge is 0.248 e. The number of ether oxygens (including phenoxy) is 2. The number of anilines is 2. The molecule has 0 saturated carbocycles. The van der Waals surface area contributed by atoms with E-state index >= 15 is 0 Å². The van der Waals surface area contributed by atoms with Crippen molar-refractivity contribution in [1.29, 1.82) is 0 Å². The Hall–Kier alpha value is -5.43. The van der Waals surface area contributed by atoms with Gasteiger partial charge in [-0.1, -0.05) is 68.4 Å². The van der Waals surface area contributed by atoms with E-state index in [1.165, 1.54) is 12.2 Å². The Morgan fingerprint density at radius 1 is 0.636 bits per heavy atom. The van der Waals surface area contributed by atoms with Crippen LogP contribution in [0.3, 0.4) is 0 Å². The van der Waals surface area contributed by atoms with Gasteiger partial charge in [-0.3, -0.25) is 14.4 Å². The number of carbonyl (C=O) groups excluding carboxylic acids is 3. The topological polar surface area (TPSA) is 93.7 Å². The Kier molecular flexibility index (Phi) is 11.7. The Morgan fingerprint density at radius 2 is 1.16 bits per heavy atom. The third-order valence-corrected chi connectivity index (χ3v) is 6.39. The van der Waals surface area contributed by atoms with Gasteiger partial charge in [-0.15, -0.1) is 0 Å². The average molecular weight is 589 g/mol. The summed E-state index contributed by atoms with van der Waals surface area (Å²) in [7, 11) is 0. The zero-order valence-corrected chi connectivity index (χ0v) is 24.9. The average Bonchev–Trinajstić information content (AvgIpc) is 3.06. The van der Waals surface area contributed by atoms with E-state index in [4.69, 9.17) is 9.47 Å². The summed E-state index contributed by atoms with van der Waals surface area (Å²) in [5.41, 5.74) is 3.13. The van der Waals surface area contributed by atoms with Crippen LogP contribution in [0.15, 0.2) is 109 Å². The Morgan fingerprint density at radius 3 is 1.68 bits per heavy atom. The molecule has 0 fully saturated rings. The maximum Gasteiger partial charge on any atom is 0.248 e. The molecule has 0 radical (unpaired) electrons. The Bertz CT molecular complexity index is 1610. The molecule has 0 aliphatic carbocycles. The van der Waals surface area contributed by atoms with Gasteiger partial charge in [-0.25, -0.2) is 0 Å². The second-order valence-electron chi connectivity index (χ2n) is 9.94. The van der Waals surface area contributed by atoms with Crippen LogP contribution in [0.25, 0.3) is 12.2 Å². The largest absolute Gasteiger partial charge is 0.494 e. The minimum Gasteiger partial charge on any atom is -0.494 e. The van der Waals surface area contributed by atoms with Gasteiger partial charge in [0.15, 0.2) is 5.78 Å². The first-order valence-corrected chi connectivity index (χ1v) is 14.6. The minimum atomic E-state index is -0.399. The fraction of sp³-hybridized carbons (Fsp3) is 0.162. The molecule has 2 N–H and O–H groups in total. The van der Waals surface area contributed by atoms with E-state index in [2.05, 4.69) is 10.6 Å². The van der Waals surface area contributed by atoms with Crippen LogP contribution in [-0.2, 0) is 9.59 Å². The highest BCUT2D eigenvalue weighted by Gasteiger charge is 2.16. The Labute approximate surface area is 258 Å². The molecule has 4 rings (SSSR count). The molecular weight excluding hydrogens is 552 g/mol. The van der Waals surface area contributed by atoms with Gasteiger partial charge in [0, 0.05) is 29.0 Å². The molecule has 4 aromatic carbocycles. The predicted molar refractivity (Wildman–Crippen MR) is 176 cm³/mol. The minimum absolute atomic E-state index is 0.250. The van der Waals surface area contributed by atoms with Crippen LogP contribution >= 0.6 is 0 Å². The lowest BCUT2D eigenvalue weighted by Crippen LogP contribution is -2.14. The summed E-state index contributed by atoms with van der Waals surface area (Å²) >= 11 is 0. The lowest BCUT2D eigenvalue weighted by molar-refractivity contribution is -0.112.